The Hall–Kier alpha value is -3.07. The van der Waals surface area contributed by atoms with Gasteiger partial charge in [-0.15, -0.1) is 0 Å². The van der Waals surface area contributed by atoms with Crippen molar-refractivity contribution in [3.05, 3.63) is 41.9 Å². The Balaban J connectivity index is 1.87. The zero-order valence-corrected chi connectivity index (χ0v) is 15.2. The van der Waals surface area contributed by atoms with Gasteiger partial charge in [-0.1, -0.05) is 0 Å². The molecule has 1 aliphatic rings. The van der Waals surface area contributed by atoms with Crippen LogP contribution in [0.3, 0.4) is 0 Å². The van der Waals surface area contributed by atoms with Crippen LogP contribution in [0.25, 0.3) is 22.2 Å². The van der Waals surface area contributed by atoms with Gasteiger partial charge in [0.2, 0.25) is 0 Å². The zero-order chi connectivity index (χ0) is 19.8. The molecule has 0 bridgehead atoms. The lowest BCUT2D eigenvalue weighted by atomic mass is 10.0. The number of nitrogens with one attached hydrogen (secondary N) is 1. The average Bonchev–Trinajstić information content (AvgIpc) is 3.29. The lowest BCUT2D eigenvalue weighted by Crippen LogP contribution is -2.19. The van der Waals surface area contributed by atoms with Gasteiger partial charge in [-0.25, -0.2) is 18.6 Å². The smallest absolute Gasteiger partial charge is 0.317 e. The SMILES string of the molecule is Cn1cc(-c2cc(C(F)F)cc(C3CCOC3)n2)c2cc(NC(N)=O)ncc21. The summed E-state index contributed by atoms with van der Waals surface area (Å²) in [6.45, 7) is 1.08. The van der Waals surface area contributed by atoms with Crippen LogP contribution >= 0.6 is 0 Å². The highest BCUT2D eigenvalue weighted by Crippen LogP contribution is 2.35. The van der Waals surface area contributed by atoms with Crippen molar-refractivity contribution in [2.45, 2.75) is 18.8 Å². The number of anilines is 1. The molecule has 4 rings (SSSR count). The number of nitrogens with two attached hydrogens (primary N) is 1. The van der Waals surface area contributed by atoms with E-state index in [1.54, 1.807) is 12.3 Å². The number of aromatic nitrogens is 3. The number of fused-ring (bicyclic) bond motifs is 1. The van der Waals surface area contributed by atoms with Crippen molar-refractivity contribution in [3.8, 4) is 11.3 Å². The van der Waals surface area contributed by atoms with E-state index in [9.17, 15) is 13.6 Å². The third-order valence-corrected chi connectivity index (χ3v) is 4.87. The Labute approximate surface area is 159 Å². The van der Waals surface area contributed by atoms with Gasteiger partial charge in [0.05, 0.1) is 24.0 Å². The summed E-state index contributed by atoms with van der Waals surface area (Å²) >= 11 is 0. The minimum atomic E-state index is -2.61. The van der Waals surface area contributed by atoms with Gasteiger partial charge >= 0.3 is 6.03 Å². The molecular weight excluding hydrogens is 368 g/mol. The molecule has 0 aliphatic carbocycles. The minimum Gasteiger partial charge on any atom is -0.381 e. The summed E-state index contributed by atoms with van der Waals surface area (Å²) in [7, 11) is 1.83. The monoisotopic (exact) mass is 387 g/mol. The first-order valence-electron chi connectivity index (χ1n) is 8.82. The van der Waals surface area contributed by atoms with Crippen molar-refractivity contribution in [1.29, 1.82) is 0 Å². The predicted octanol–water partition coefficient (Wildman–Crippen LogP) is 3.57. The van der Waals surface area contributed by atoms with E-state index in [1.165, 1.54) is 12.1 Å². The van der Waals surface area contributed by atoms with Crippen molar-refractivity contribution in [2.75, 3.05) is 18.5 Å². The number of hydrogen-bond donors (Lipinski definition) is 2. The number of amides is 2. The molecule has 7 nitrogen and oxygen atoms in total. The Morgan fingerprint density at radius 3 is 2.89 bits per heavy atom. The average molecular weight is 387 g/mol. The first kappa shape index (κ1) is 18.3. The fourth-order valence-corrected chi connectivity index (χ4v) is 3.49. The summed E-state index contributed by atoms with van der Waals surface area (Å²) in [5.41, 5.74) is 7.59. The van der Waals surface area contributed by atoms with E-state index in [1.807, 2.05) is 17.8 Å². The molecule has 3 aromatic rings. The van der Waals surface area contributed by atoms with E-state index >= 15 is 0 Å². The molecule has 0 aromatic carbocycles. The van der Waals surface area contributed by atoms with E-state index in [4.69, 9.17) is 10.5 Å². The van der Waals surface area contributed by atoms with E-state index in [-0.39, 0.29) is 17.3 Å². The van der Waals surface area contributed by atoms with Crippen LogP contribution in [0, 0.1) is 0 Å². The van der Waals surface area contributed by atoms with Gasteiger partial charge in [-0.3, -0.25) is 10.3 Å². The number of rotatable bonds is 4. The van der Waals surface area contributed by atoms with Gasteiger partial charge in [0, 0.05) is 48.0 Å². The number of carbonyl (C=O) groups is 1. The Kier molecular flexibility index (Phi) is 4.68. The molecule has 1 fully saturated rings. The molecule has 1 atom stereocenters. The van der Waals surface area contributed by atoms with Gasteiger partial charge in [0.25, 0.3) is 6.43 Å². The third kappa shape index (κ3) is 3.40. The first-order valence-corrected chi connectivity index (χ1v) is 8.82. The summed E-state index contributed by atoms with van der Waals surface area (Å²) in [4.78, 5) is 19.9. The molecule has 0 spiro atoms. The normalized spacial score (nSPS) is 16.8. The largest absolute Gasteiger partial charge is 0.381 e. The second-order valence-electron chi connectivity index (χ2n) is 6.80. The highest BCUT2D eigenvalue weighted by atomic mass is 19.3. The lowest BCUT2D eigenvalue weighted by Gasteiger charge is -2.12. The highest BCUT2D eigenvalue weighted by Gasteiger charge is 2.23. The molecule has 146 valence electrons. The maximum atomic E-state index is 13.5. The predicted molar refractivity (Wildman–Crippen MR) is 100 cm³/mol. The number of nitrogens with zero attached hydrogens (tertiary/aromatic N) is 3. The van der Waals surface area contributed by atoms with Crippen LogP contribution in [0.15, 0.2) is 30.6 Å². The topological polar surface area (TPSA) is 95.1 Å². The first-order chi connectivity index (χ1) is 13.4. The number of aryl methyl sites for hydroxylation is 1. The Bertz CT molecular complexity index is 1040. The van der Waals surface area contributed by atoms with E-state index in [2.05, 4.69) is 15.3 Å². The van der Waals surface area contributed by atoms with Crippen LogP contribution in [0.4, 0.5) is 19.4 Å². The number of ether oxygens (including phenoxy) is 1. The van der Waals surface area contributed by atoms with Gasteiger partial charge in [-0.2, -0.15) is 0 Å². The van der Waals surface area contributed by atoms with E-state index in [0.717, 1.165) is 17.3 Å². The molecule has 0 saturated carbocycles. The van der Waals surface area contributed by atoms with Crippen LogP contribution in [-0.2, 0) is 11.8 Å². The molecule has 9 heteroatoms. The quantitative estimate of drug-likeness (QED) is 0.715. The zero-order valence-electron chi connectivity index (χ0n) is 15.2. The Morgan fingerprint density at radius 2 is 2.21 bits per heavy atom. The number of carbonyl (C=O) groups excluding carboxylic acids is 1. The summed E-state index contributed by atoms with van der Waals surface area (Å²) < 4.78 is 34.3. The lowest BCUT2D eigenvalue weighted by molar-refractivity contribution is 0.151. The second kappa shape index (κ2) is 7.16. The van der Waals surface area contributed by atoms with Crippen LogP contribution < -0.4 is 11.1 Å². The number of urea groups is 1. The Morgan fingerprint density at radius 1 is 1.39 bits per heavy atom. The fourth-order valence-electron chi connectivity index (χ4n) is 3.49. The number of hydrogen-bond acceptors (Lipinski definition) is 4. The molecule has 2 amide bonds. The summed E-state index contributed by atoms with van der Waals surface area (Å²) in [6.07, 6.45) is 1.55. The van der Waals surface area contributed by atoms with Crippen molar-refractivity contribution in [3.63, 3.8) is 0 Å². The highest BCUT2D eigenvalue weighted by molar-refractivity contribution is 5.98. The summed E-state index contributed by atoms with van der Waals surface area (Å²) in [6, 6.07) is 3.79. The molecule has 3 N–H and O–H groups in total. The van der Waals surface area contributed by atoms with Gasteiger partial charge in [0.1, 0.15) is 5.82 Å². The van der Waals surface area contributed by atoms with Crippen LogP contribution in [0.5, 0.6) is 0 Å². The summed E-state index contributed by atoms with van der Waals surface area (Å²) in [5.74, 6) is 0.281. The minimum absolute atomic E-state index is 0.00109. The number of pyridine rings is 2. The van der Waals surface area contributed by atoms with Crippen molar-refractivity contribution < 1.29 is 18.3 Å². The number of primary amides is 1. The molecule has 1 saturated heterocycles. The van der Waals surface area contributed by atoms with Crippen LogP contribution in [0.2, 0.25) is 0 Å². The van der Waals surface area contributed by atoms with Gasteiger partial charge < -0.3 is 15.0 Å². The molecule has 0 radical (unpaired) electrons. The van der Waals surface area contributed by atoms with Crippen molar-refractivity contribution in [1.82, 2.24) is 14.5 Å². The number of halogens is 2. The standard InChI is InChI=1S/C19H19F2N5O2/c1-26-8-13(12-6-17(25-19(22)27)23-7-16(12)26)15-5-11(18(20)21)4-14(24-15)10-2-3-28-9-10/h4-8,10,18H,2-3,9H2,1H3,(H3,22,23,25,27). The maximum absolute atomic E-state index is 13.5. The number of alkyl halides is 2. The molecule has 1 unspecified atom stereocenters. The van der Waals surface area contributed by atoms with Crippen LogP contribution in [0.1, 0.15) is 30.0 Å². The molecular formula is C19H19F2N5O2. The molecule has 4 heterocycles. The molecule has 1 aliphatic heterocycles. The molecule has 28 heavy (non-hydrogen) atoms. The van der Waals surface area contributed by atoms with Crippen LogP contribution in [-0.4, -0.2) is 33.8 Å². The third-order valence-electron chi connectivity index (χ3n) is 4.87. The van der Waals surface area contributed by atoms with E-state index in [0.29, 0.717) is 30.2 Å². The van der Waals surface area contributed by atoms with E-state index < -0.39 is 12.5 Å². The summed E-state index contributed by atoms with van der Waals surface area (Å²) in [5, 5.41) is 3.16. The second-order valence-corrected chi connectivity index (χ2v) is 6.80. The van der Waals surface area contributed by atoms with Crippen molar-refractivity contribution >= 4 is 22.8 Å². The van der Waals surface area contributed by atoms with Gasteiger partial charge in [0.15, 0.2) is 0 Å². The molecule has 3 aromatic heterocycles. The maximum Gasteiger partial charge on any atom is 0.317 e. The van der Waals surface area contributed by atoms with Gasteiger partial charge in [-0.05, 0) is 24.6 Å². The fraction of sp³-hybridized carbons (Fsp3) is 0.316. The van der Waals surface area contributed by atoms with Crippen molar-refractivity contribution in [2.24, 2.45) is 12.8 Å².